The fourth-order valence-electron chi connectivity index (χ4n) is 3.62. The topological polar surface area (TPSA) is 39.7 Å². The molecule has 4 nitrogen and oxygen atoms in total. The van der Waals surface area contributed by atoms with Gasteiger partial charge in [0.25, 0.3) is 0 Å². The van der Waals surface area contributed by atoms with E-state index in [1.54, 1.807) is 7.11 Å². The molecule has 1 aliphatic carbocycles. The van der Waals surface area contributed by atoms with Crippen LogP contribution in [-0.2, 0) is 14.3 Å². The lowest BCUT2D eigenvalue weighted by Gasteiger charge is -2.44. The van der Waals surface area contributed by atoms with Crippen molar-refractivity contribution < 1.29 is 14.3 Å². The summed E-state index contributed by atoms with van der Waals surface area (Å²) in [5.41, 5.74) is 3.28. The quantitative estimate of drug-likeness (QED) is 0.602. The van der Waals surface area contributed by atoms with Crippen molar-refractivity contribution in [1.82, 2.24) is 5.48 Å². The SMILES string of the molecule is CONCCC1COC2(CCC(C(C)(C)C(C)C)CC2)O1. The van der Waals surface area contributed by atoms with Gasteiger partial charge in [0.05, 0.1) is 19.8 Å². The Morgan fingerprint density at radius 3 is 2.52 bits per heavy atom. The second kappa shape index (κ2) is 6.95. The summed E-state index contributed by atoms with van der Waals surface area (Å²) in [6.45, 7) is 11.0. The highest BCUT2D eigenvalue weighted by molar-refractivity contribution is 4.91. The largest absolute Gasteiger partial charge is 0.347 e. The highest BCUT2D eigenvalue weighted by atomic mass is 16.7. The van der Waals surface area contributed by atoms with Crippen molar-refractivity contribution in [2.45, 2.75) is 71.7 Å². The molecule has 2 fully saturated rings. The van der Waals surface area contributed by atoms with Crippen molar-refractivity contribution in [3.8, 4) is 0 Å². The first kappa shape index (κ1) is 17.2. The molecule has 0 aromatic heterocycles. The molecule has 1 saturated carbocycles. The van der Waals surface area contributed by atoms with Crippen LogP contribution in [0.15, 0.2) is 0 Å². The van der Waals surface area contributed by atoms with Gasteiger partial charge in [-0.1, -0.05) is 27.7 Å². The van der Waals surface area contributed by atoms with Crippen molar-refractivity contribution in [2.24, 2.45) is 17.3 Å². The van der Waals surface area contributed by atoms with Crippen LogP contribution in [0, 0.1) is 17.3 Å². The Morgan fingerprint density at radius 2 is 1.95 bits per heavy atom. The molecule has 0 aromatic rings. The Balaban J connectivity index is 1.81. The van der Waals surface area contributed by atoms with Crippen molar-refractivity contribution in [3.63, 3.8) is 0 Å². The molecular formula is C17H33NO3. The molecule has 0 bridgehead atoms. The Hall–Kier alpha value is -0.160. The number of hydroxylamine groups is 1. The molecule has 124 valence electrons. The van der Waals surface area contributed by atoms with Crippen LogP contribution in [0.1, 0.15) is 59.8 Å². The van der Waals surface area contributed by atoms with Crippen molar-refractivity contribution in [1.29, 1.82) is 0 Å². The molecule has 2 rings (SSSR count). The molecule has 0 aromatic carbocycles. The molecule has 1 N–H and O–H groups in total. The lowest BCUT2D eigenvalue weighted by Crippen LogP contribution is -2.41. The van der Waals surface area contributed by atoms with Crippen LogP contribution in [0.3, 0.4) is 0 Å². The van der Waals surface area contributed by atoms with Crippen LogP contribution < -0.4 is 5.48 Å². The average Bonchev–Trinajstić information content (AvgIpc) is 2.82. The third-order valence-corrected chi connectivity index (χ3v) is 5.91. The normalized spacial score (nSPS) is 34.0. The van der Waals surface area contributed by atoms with Gasteiger partial charge >= 0.3 is 0 Å². The van der Waals surface area contributed by atoms with Crippen LogP contribution in [0.2, 0.25) is 0 Å². The molecular weight excluding hydrogens is 266 g/mol. The minimum atomic E-state index is -0.290. The number of hydrogen-bond donors (Lipinski definition) is 1. The zero-order valence-electron chi connectivity index (χ0n) is 14.4. The Labute approximate surface area is 129 Å². The van der Waals surface area contributed by atoms with Gasteiger partial charge in [-0.2, -0.15) is 0 Å². The van der Waals surface area contributed by atoms with E-state index in [-0.39, 0.29) is 11.9 Å². The third-order valence-electron chi connectivity index (χ3n) is 5.91. The Kier molecular flexibility index (Phi) is 5.69. The van der Waals surface area contributed by atoms with E-state index in [2.05, 4.69) is 33.2 Å². The first-order valence-electron chi connectivity index (χ1n) is 8.47. The van der Waals surface area contributed by atoms with Gasteiger partial charge in [-0.3, -0.25) is 0 Å². The molecule has 1 atom stereocenters. The molecule has 21 heavy (non-hydrogen) atoms. The second-order valence-electron chi connectivity index (χ2n) is 7.60. The maximum absolute atomic E-state index is 6.24. The Bertz CT molecular complexity index is 322. The van der Waals surface area contributed by atoms with Crippen LogP contribution in [0.4, 0.5) is 0 Å². The van der Waals surface area contributed by atoms with E-state index < -0.39 is 0 Å². The van der Waals surface area contributed by atoms with Crippen molar-refractivity contribution in [3.05, 3.63) is 0 Å². The minimum absolute atomic E-state index is 0.210. The summed E-state index contributed by atoms with van der Waals surface area (Å²) in [5, 5.41) is 0. The summed E-state index contributed by atoms with van der Waals surface area (Å²) in [6, 6.07) is 0. The molecule has 1 heterocycles. The standard InChI is InChI=1S/C17H33NO3/c1-13(2)16(3,4)14-6-9-17(10-7-14)20-12-15(21-17)8-11-18-19-5/h13-15,18H,6-12H2,1-5H3. The molecule has 4 heteroatoms. The minimum Gasteiger partial charge on any atom is -0.347 e. The summed E-state index contributed by atoms with van der Waals surface area (Å²) < 4.78 is 12.3. The monoisotopic (exact) mass is 299 g/mol. The maximum Gasteiger partial charge on any atom is 0.168 e. The number of rotatable bonds is 6. The van der Waals surface area contributed by atoms with Gasteiger partial charge in [-0.05, 0) is 36.5 Å². The van der Waals surface area contributed by atoms with Crippen LogP contribution >= 0.6 is 0 Å². The third kappa shape index (κ3) is 3.98. The van der Waals surface area contributed by atoms with Crippen LogP contribution in [0.25, 0.3) is 0 Å². The summed E-state index contributed by atoms with van der Waals surface area (Å²) in [6.07, 6.45) is 5.67. The molecule has 2 aliphatic rings. The smallest absolute Gasteiger partial charge is 0.168 e. The van der Waals surface area contributed by atoms with E-state index in [1.165, 1.54) is 12.8 Å². The van der Waals surface area contributed by atoms with Gasteiger partial charge in [0.1, 0.15) is 0 Å². The zero-order chi connectivity index (χ0) is 15.5. The number of ether oxygens (including phenoxy) is 2. The van der Waals surface area contributed by atoms with Gasteiger partial charge in [-0.15, -0.1) is 0 Å². The van der Waals surface area contributed by atoms with Crippen LogP contribution in [0.5, 0.6) is 0 Å². The summed E-state index contributed by atoms with van der Waals surface area (Å²) in [7, 11) is 1.64. The molecule has 1 aliphatic heterocycles. The van der Waals surface area contributed by atoms with E-state index >= 15 is 0 Å². The summed E-state index contributed by atoms with van der Waals surface area (Å²) >= 11 is 0. The Morgan fingerprint density at radius 1 is 1.29 bits per heavy atom. The molecule has 1 saturated heterocycles. The van der Waals surface area contributed by atoms with Gasteiger partial charge in [0.15, 0.2) is 5.79 Å². The molecule has 0 radical (unpaired) electrons. The zero-order valence-corrected chi connectivity index (χ0v) is 14.4. The summed E-state index contributed by atoms with van der Waals surface area (Å²) in [5.74, 6) is 1.21. The number of hydrogen-bond acceptors (Lipinski definition) is 4. The van der Waals surface area contributed by atoms with E-state index in [0.29, 0.717) is 5.41 Å². The van der Waals surface area contributed by atoms with Crippen molar-refractivity contribution in [2.75, 3.05) is 20.3 Å². The molecule has 1 spiro atoms. The predicted octanol–water partition coefficient (Wildman–Crippen LogP) is 3.51. The lowest BCUT2D eigenvalue weighted by molar-refractivity contribution is -0.198. The van der Waals surface area contributed by atoms with Crippen LogP contribution in [-0.4, -0.2) is 32.2 Å². The highest BCUT2D eigenvalue weighted by Gasteiger charge is 2.46. The number of nitrogens with one attached hydrogen (secondary N) is 1. The van der Waals surface area contributed by atoms with E-state index in [9.17, 15) is 0 Å². The first-order valence-corrected chi connectivity index (χ1v) is 8.47. The highest BCUT2D eigenvalue weighted by Crippen LogP contribution is 2.48. The van der Waals surface area contributed by atoms with E-state index in [0.717, 1.165) is 44.2 Å². The van der Waals surface area contributed by atoms with Gasteiger partial charge in [0.2, 0.25) is 0 Å². The molecule has 1 unspecified atom stereocenters. The lowest BCUT2D eigenvalue weighted by atomic mass is 9.64. The first-order chi connectivity index (χ1) is 9.89. The molecule has 0 amide bonds. The maximum atomic E-state index is 6.24. The van der Waals surface area contributed by atoms with Crippen molar-refractivity contribution >= 4 is 0 Å². The van der Waals surface area contributed by atoms with Gasteiger partial charge in [-0.25, -0.2) is 5.48 Å². The second-order valence-corrected chi connectivity index (χ2v) is 7.60. The van der Waals surface area contributed by atoms with Gasteiger partial charge in [0, 0.05) is 19.4 Å². The fraction of sp³-hybridized carbons (Fsp3) is 1.00. The average molecular weight is 299 g/mol. The fourth-order valence-corrected chi connectivity index (χ4v) is 3.62. The van der Waals surface area contributed by atoms with E-state index in [1.807, 2.05) is 0 Å². The van der Waals surface area contributed by atoms with Gasteiger partial charge < -0.3 is 14.3 Å². The van der Waals surface area contributed by atoms with E-state index in [4.69, 9.17) is 14.3 Å². The summed E-state index contributed by atoms with van der Waals surface area (Å²) in [4.78, 5) is 4.87. The predicted molar refractivity (Wildman–Crippen MR) is 83.8 cm³/mol.